The van der Waals surface area contributed by atoms with Crippen molar-refractivity contribution in [1.82, 2.24) is 20.0 Å². The Kier molecular flexibility index (Phi) is 4.85. The number of hydrogen-bond acceptors (Lipinski definition) is 4. The van der Waals surface area contributed by atoms with Crippen LogP contribution in [0.2, 0.25) is 0 Å². The molecule has 0 saturated heterocycles. The lowest BCUT2D eigenvalue weighted by Crippen LogP contribution is -2.34. The van der Waals surface area contributed by atoms with Crippen molar-refractivity contribution in [3.05, 3.63) is 41.6 Å². The van der Waals surface area contributed by atoms with Gasteiger partial charge in [-0.15, -0.1) is 0 Å². The van der Waals surface area contributed by atoms with Gasteiger partial charge in [0.2, 0.25) is 0 Å². The molecule has 21 heavy (non-hydrogen) atoms. The number of nitrogens with zero attached hydrogens (tertiary/aromatic N) is 3. The lowest BCUT2D eigenvalue weighted by atomic mass is 10.1. The summed E-state index contributed by atoms with van der Waals surface area (Å²) in [7, 11) is 4.02. The van der Waals surface area contributed by atoms with Crippen molar-refractivity contribution in [2.75, 3.05) is 7.05 Å². The number of aryl methyl sites for hydroxylation is 1. The summed E-state index contributed by atoms with van der Waals surface area (Å²) >= 11 is 0. The minimum atomic E-state index is 0.101. The van der Waals surface area contributed by atoms with Gasteiger partial charge in [0.15, 0.2) is 0 Å². The van der Waals surface area contributed by atoms with Crippen molar-refractivity contribution in [2.45, 2.75) is 45.9 Å². The Labute approximate surface area is 126 Å². The first-order valence-electron chi connectivity index (χ1n) is 7.30. The zero-order valence-electron chi connectivity index (χ0n) is 13.7. The Hall–Kier alpha value is -1.59. The predicted molar refractivity (Wildman–Crippen MR) is 83.7 cm³/mol. The Morgan fingerprint density at radius 1 is 1.24 bits per heavy atom. The van der Waals surface area contributed by atoms with Gasteiger partial charge >= 0.3 is 0 Å². The normalized spacial score (nSPS) is 12.3. The number of nitrogens with one attached hydrogen (secondary N) is 1. The number of rotatable bonds is 6. The molecule has 0 atom stereocenters. The van der Waals surface area contributed by atoms with Crippen LogP contribution in [0.3, 0.4) is 0 Å². The second kappa shape index (κ2) is 6.45. The maximum atomic E-state index is 5.87. The molecule has 0 unspecified atom stereocenters. The molecule has 5 nitrogen and oxygen atoms in total. The quantitative estimate of drug-likeness (QED) is 0.888. The molecule has 0 spiro atoms. The van der Waals surface area contributed by atoms with Crippen LogP contribution < -0.4 is 5.32 Å². The van der Waals surface area contributed by atoms with E-state index < -0.39 is 0 Å². The average Bonchev–Trinajstić information content (AvgIpc) is 2.95. The monoisotopic (exact) mass is 290 g/mol. The summed E-state index contributed by atoms with van der Waals surface area (Å²) in [6.07, 6.45) is 3.94. The van der Waals surface area contributed by atoms with Gasteiger partial charge < -0.3 is 9.73 Å². The molecule has 0 amide bonds. The van der Waals surface area contributed by atoms with Crippen LogP contribution in [0.25, 0.3) is 0 Å². The fourth-order valence-electron chi connectivity index (χ4n) is 2.14. The Bertz CT molecular complexity index is 565. The second-order valence-electron chi connectivity index (χ2n) is 6.67. The molecule has 1 N–H and O–H groups in total. The van der Waals surface area contributed by atoms with Crippen LogP contribution in [0.15, 0.2) is 28.9 Å². The van der Waals surface area contributed by atoms with Gasteiger partial charge in [-0.3, -0.25) is 9.58 Å². The van der Waals surface area contributed by atoms with Crippen molar-refractivity contribution in [1.29, 1.82) is 0 Å². The standard InChI is InChI=1S/C16H26N4O/c1-16(2,3)17-9-14-6-7-15(21-14)12-19(4)10-13-8-18-20(5)11-13/h6-8,11,17H,9-10,12H2,1-5H3. The first-order chi connectivity index (χ1) is 9.82. The van der Waals surface area contributed by atoms with Crippen LogP contribution in [0.5, 0.6) is 0 Å². The van der Waals surface area contributed by atoms with E-state index >= 15 is 0 Å². The van der Waals surface area contributed by atoms with Crippen LogP contribution in [-0.2, 0) is 26.7 Å². The second-order valence-corrected chi connectivity index (χ2v) is 6.67. The first kappa shape index (κ1) is 15.8. The van der Waals surface area contributed by atoms with Crippen LogP contribution in [0, 0.1) is 0 Å². The highest BCUT2D eigenvalue weighted by Crippen LogP contribution is 2.13. The van der Waals surface area contributed by atoms with E-state index in [0.29, 0.717) is 0 Å². The van der Waals surface area contributed by atoms with Gasteiger partial charge in [-0.25, -0.2) is 0 Å². The molecule has 2 aromatic heterocycles. The smallest absolute Gasteiger partial charge is 0.118 e. The van der Waals surface area contributed by atoms with E-state index in [-0.39, 0.29) is 5.54 Å². The zero-order valence-corrected chi connectivity index (χ0v) is 13.7. The molecule has 0 aliphatic carbocycles. The summed E-state index contributed by atoms with van der Waals surface area (Å²) in [5.74, 6) is 1.97. The largest absolute Gasteiger partial charge is 0.463 e. The van der Waals surface area contributed by atoms with Crippen molar-refractivity contribution in [3.8, 4) is 0 Å². The molecule has 0 fully saturated rings. The minimum absolute atomic E-state index is 0.101. The molecule has 2 heterocycles. The number of hydrogen-bond donors (Lipinski definition) is 1. The molecule has 2 rings (SSSR count). The molecule has 0 aromatic carbocycles. The molecule has 0 saturated carbocycles. The lowest BCUT2D eigenvalue weighted by Gasteiger charge is -2.19. The first-order valence-corrected chi connectivity index (χ1v) is 7.30. The number of aromatic nitrogens is 2. The van der Waals surface area contributed by atoms with Crippen LogP contribution in [-0.4, -0.2) is 27.3 Å². The average molecular weight is 290 g/mol. The van der Waals surface area contributed by atoms with E-state index in [4.69, 9.17) is 4.42 Å². The fraction of sp³-hybridized carbons (Fsp3) is 0.562. The van der Waals surface area contributed by atoms with E-state index in [0.717, 1.165) is 31.2 Å². The Morgan fingerprint density at radius 3 is 2.57 bits per heavy atom. The van der Waals surface area contributed by atoms with Crippen molar-refractivity contribution in [3.63, 3.8) is 0 Å². The summed E-state index contributed by atoms with van der Waals surface area (Å²) in [5, 5.41) is 7.62. The molecule has 0 aliphatic heterocycles. The van der Waals surface area contributed by atoms with Gasteiger partial charge in [-0.05, 0) is 40.0 Å². The molecular weight excluding hydrogens is 264 g/mol. The molecule has 0 bridgehead atoms. The maximum absolute atomic E-state index is 5.87. The summed E-state index contributed by atoms with van der Waals surface area (Å²) in [5.41, 5.74) is 1.31. The summed E-state index contributed by atoms with van der Waals surface area (Å²) in [6, 6.07) is 4.10. The van der Waals surface area contributed by atoms with Crippen LogP contribution in [0.4, 0.5) is 0 Å². The highest BCUT2D eigenvalue weighted by Gasteiger charge is 2.11. The van der Waals surface area contributed by atoms with Gasteiger partial charge in [-0.2, -0.15) is 5.10 Å². The van der Waals surface area contributed by atoms with Crippen LogP contribution >= 0.6 is 0 Å². The van der Waals surface area contributed by atoms with Crippen LogP contribution in [0.1, 0.15) is 37.9 Å². The van der Waals surface area contributed by atoms with E-state index in [9.17, 15) is 0 Å². The van der Waals surface area contributed by atoms with Crippen molar-refractivity contribution in [2.24, 2.45) is 7.05 Å². The Morgan fingerprint density at radius 2 is 1.95 bits per heavy atom. The molecule has 116 valence electrons. The van der Waals surface area contributed by atoms with Gasteiger partial charge in [0.1, 0.15) is 11.5 Å². The van der Waals surface area contributed by atoms with Crippen molar-refractivity contribution >= 4 is 0 Å². The maximum Gasteiger partial charge on any atom is 0.118 e. The summed E-state index contributed by atoms with van der Waals surface area (Å²) < 4.78 is 7.69. The molecule has 2 aromatic rings. The summed E-state index contributed by atoms with van der Waals surface area (Å²) in [4.78, 5) is 2.22. The summed E-state index contributed by atoms with van der Waals surface area (Å²) in [6.45, 7) is 8.87. The zero-order chi connectivity index (χ0) is 15.5. The van der Waals surface area contributed by atoms with E-state index in [1.165, 1.54) is 5.56 Å². The minimum Gasteiger partial charge on any atom is -0.463 e. The fourth-order valence-corrected chi connectivity index (χ4v) is 2.14. The molecule has 0 aliphatic rings. The Balaban J connectivity index is 1.84. The topological polar surface area (TPSA) is 46.2 Å². The third-order valence-electron chi connectivity index (χ3n) is 3.15. The van der Waals surface area contributed by atoms with Gasteiger partial charge in [0.25, 0.3) is 0 Å². The third-order valence-corrected chi connectivity index (χ3v) is 3.15. The van der Waals surface area contributed by atoms with Gasteiger partial charge in [0, 0.05) is 30.9 Å². The predicted octanol–water partition coefficient (Wildman–Crippen LogP) is 2.53. The van der Waals surface area contributed by atoms with E-state index in [2.05, 4.69) is 49.2 Å². The molecular formula is C16H26N4O. The molecule has 5 heteroatoms. The molecule has 0 radical (unpaired) electrons. The lowest BCUT2D eigenvalue weighted by molar-refractivity contribution is 0.280. The van der Waals surface area contributed by atoms with Gasteiger partial charge in [0.05, 0.1) is 19.3 Å². The van der Waals surface area contributed by atoms with E-state index in [1.54, 1.807) is 0 Å². The highest BCUT2D eigenvalue weighted by atomic mass is 16.3. The van der Waals surface area contributed by atoms with E-state index in [1.807, 2.05) is 30.2 Å². The third kappa shape index (κ3) is 5.36. The number of furan rings is 1. The van der Waals surface area contributed by atoms with Gasteiger partial charge in [-0.1, -0.05) is 0 Å². The SMILES string of the molecule is CN(Cc1cnn(C)c1)Cc1ccc(CNC(C)(C)C)o1. The highest BCUT2D eigenvalue weighted by molar-refractivity contribution is 5.08. The van der Waals surface area contributed by atoms with Crippen molar-refractivity contribution < 1.29 is 4.42 Å².